The first-order chi connectivity index (χ1) is 8.61. The molecule has 1 heterocycles. The summed E-state index contributed by atoms with van der Waals surface area (Å²) in [6.45, 7) is 0. The Morgan fingerprint density at radius 3 is 2.72 bits per heavy atom. The molecule has 18 heavy (non-hydrogen) atoms. The van der Waals surface area contributed by atoms with Crippen LogP contribution in [0, 0.1) is 0 Å². The van der Waals surface area contributed by atoms with Gasteiger partial charge in [-0.05, 0) is 12.1 Å². The Hall–Kier alpha value is -1.32. The van der Waals surface area contributed by atoms with Gasteiger partial charge >= 0.3 is 5.97 Å². The lowest BCUT2D eigenvalue weighted by molar-refractivity contribution is -0.140. The normalized spacial score (nSPS) is 10.6. The van der Waals surface area contributed by atoms with E-state index in [9.17, 15) is 4.79 Å². The number of aromatic nitrogens is 1. The zero-order chi connectivity index (χ0) is 13.1. The Morgan fingerprint density at radius 1 is 1.28 bits per heavy atom. The minimum Gasteiger partial charge on any atom is -0.469 e. The predicted molar refractivity (Wildman–Crippen MR) is 72.1 cm³/mol. The Labute approximate surface area is 115 Å². The third kappa shape index (κ3) is 2.74. The van der Waals surface area contributed by atoms with Gasteiger partial charge in [-0.15, -0.1) is 0 Å². The van der Waals surface area contributed by atoms with Crippen molar-refractivity contribution in [1.82, 2.24) is 4.98 Å². The van der Waals surface area contributed by atoms with Gasteiger partial charge in [0.15, 0.2) is 0 Å². The summed E-state index contributed by atoms with van der Waals surface area (Å²) >= 11 is 12.0. The lowest BCUT2D eigenvalue weighted by atomic mass is 10.1. The summed E-state index contributed by atoms with van der Waals surface area (Å²) in [4.78, 5) is 15.5. The third-order valence-corrected chi connectivity index (χ3v) is 3.42. The fourth-order valence-electron chi connectivity index (χ4n) is 1.64. The minimum absolute atomic E-state index is 0.255. The van der Waals surface area contributed by atoms with Crippen LogP contribution in [0.5, 0.6) is 0 Å². The molecule has 0 bridgehead atoms. The zero-order valence-electron chi connectivity index (χ0n) is 9.74. The molecule has 0 amide bonds. The largest absolute Gasteiger partial charge is 0.469 e. The van der Waals surface area contributed by atoms with Gasteiger partial charge in [0.1, 0.15) is 0 Å². The van der Waals surface area contributed by atoms with Crippen LogP contribution in [-0.2, 0) is 16.0 Å². The van der Waals surface area contributed by atoms with Crippen molar-refractivity contribution in [2.75, 3.05) is 7.11 Å². The molecule has 5 heteroatoms. The number of hydrogen-bond donors (Lipinski definition) is 0. The Kier molecular flexibility index (Phi) is 4.04. The zero-order valence-corrected chi connectivity index (χ0v) is 11.3. The fourth-order valence-corrected chi connectivity index (χ4v) is 2.01. The van der Waals surface area contributed by atoms with Crippen molar-refractivity contribution in [2.45, 2.75) is 12.8 Å². The number of nitrogens with zero attached hydrogens (tertiary/aromatic N) is 1. The van der Waals surface area contributed by atoms with E-state index in [0.29, 0.717) is 28.4 Å². The fraction of sp³-hybridized carbons (Fsp3) is 0.231. The first-order valence-corrected chi connectivity index (χ1v) is 6.18. The van der Waals surface area contributed by atoms with Gasteiger partial charge in [-0.3, -0.25) is 9.78 Å². The molecule has 0 aliphatic carbocycles. The lowest BCUT2D eigenvalue weighted by Crippen LogP contribution is -2.03. The maximum absolute atomic E-state index is 11.1. The van der Waals surface area contributed by atoms with Crippen molar-refractivity contribution >= 4 is 40.1 Å². The Bertz CT molecular complexity index is 599. The summed E-state index contributed by atoms with van der Waals surface area (Å²) in [5, 5.41) is 1.84. The van der Waals surface area contributed by atoms with Gasteiger partial charge in [-0.25, -0.2) is 0 Å². The van der Waals surface area contributed by atoms with E-state index in [1.54, 1.807) is 6.07 Å². The Balaban J connectivity index is 2.31. The van der Waals surface area contributed by atoms with Crippen LogP contribution in [0.3, 0.4) is 0 Å². The number of carbonyl (C=O) groups is 1. The summed E-state index contributed by atoms with van der Waals surface area (Å²) in [6, 6.07) is 7.38. The number of esters is 1. The van der Waals surface area contributed by atoms with E-state index in [1.807, 2.05) is 18.2 Å². The van der Waals surface area contributed by atoms with Gasteiger partial charge in [-0.1, -0.05) is 35.3 Å². The van der Waals surface area contributed by atoms with Crippen LogP contribution >= 0.6 is 23.2 Å². The number of ether oxygens (including phenoxy) is 1. The Morgan fingerprint density at radius 2 is 2.00 bits per heavy atom. The molecule has 0 saturated carbocycles. The topological polar surface area (TPSA) is 39.2 Å². The van der Waals surface area contributed by atoms with Gasteiger partial charge in [0.05, 0.1) is 29.1 Å². The van der Waals surface area contributed by atoms with E-state index >= 15 is 0 Å². The predicted octanol–water partition coefficient (Wildman–Crippen LogP) is 3.65. The van der Waals surface area contributed by atoms with Crippen LogP contribution in [0.4, 0.5) is 0 Å². The third-order valence-electron chi connectivity index (χ3n) is 2.62. The smallest absolute Gasteiger partial charge is 0.305 e. The molecule has 0 aliphatic heterocycles. The van der Waals surface area contributed by atoms with Gasteiger partial charge in [0.25, 0.3) is 0 Å². The highest BCUT2D eigenvalue weighted by atomic mass is 35.5. The molecule has 94 valence electrons. The van der Waals surface area contributed by atoms with Crippen LogP contribution in [-0.4, -0.2) is 18.1 Å². The van der Waals surface area contributed by atoms with Crippen LogP contribution in [0.2, 0.25) is 10.0 Å². The van der Waals surface area contributed by atoms with E-state index < -0.39 is 0 Å². The van der Waals surface area contributed by atoms with E-state index in [4.69, 9.17) is 23.2 Å². The average Bonchev–Trinajstić information content (AvgIpc) is 2.40. The van der Waals surface area contributed by atoms with Gasteiger partial charge < -0.3 is 4.74 Å². The number of pyridine rings is 1. The summed E-state index contributed by atoms with van der Waals surface area (Å²) < 4.78 is 4.59. The van der Waals surface area contributed by atoms with Crippen molar-refractivity contribution in [3.63, 3.8) is 0 Å². The van der Waals surface area contributed by atoms with Crippen molar-refractivity contribution in [3.05, 3.63) is 40.0 Å². The summed E-state index contributed by atoms with van der Waals surface area (Å²) in [6.07, 6.45) is 0.818. The second-order valence-electron chi connectivity index (χ2n) is 3.81. The highest BCUT2D eigenvalue weighted by molar-refractivity contribution is 6.44. The van der Waals surface area contributed by atoms with Gasteiger partial charge in [-0.2, -0.15) is 0 Å². The molecule has 0 radical (unpaired) electrons. The lowest BCUT2D eigenvalue weighted by Gasteiger charge is -2.05. The van der Waals surface area contributed by atoms with Crippen molar-refractivity contribution < 1.29 is 9.53 Å². The highest BCUT2D eigenvalue weighted by Gasteiger charge is 2.07. The monoisotopic (exact) mass is 283 g/mol. The molecule has 0 aliphatic rings. The summed E-state index contributed by atoms with van der Waals surface area (Å²) in [5.41, 5.74) is 1.45. The quantitative estimate of drug-likeness (QED) is 0.808. The molecule has 1 aromatic carbocycles. The number of fused-ring (bicyclic) bond motifs is 1. The van der Waals surface area contributed by atoms with Crippen LogP contribution in [0.15, 0.2) is 24.3 Å². The minimum atomic E-state index is -0.255. The summed E-state index contributed by atoms with van der Waals surface area (Å²) in [7, 11) is 1.37. The number of methoxy groups -OCH3 is 1. The molecule has 0 N–H and O–H groups in total. The average molecular weight is 284 g/mol. The standard InChI is InChI=1S/C13H11Cl2NO2/c1-18-11(17)7-5-9-4-2-8-3-6-10(14)12(15)13(8)16-9/h2-4,6H,5,7H2,1H3. The van der Waals surface area contributed by atoms with E-state index in [1.165, 1.54) is 7.11 Å². The second-order valence-corrected chi connectivity index (χ2v) is 4.60. The van der Waals surface area contributed by atoms with Crippen LogP contribution in [0.25, 0.3) is 10.9 Å². The summed E-state index contributed by atoms with van der Waals surface area (Å²) in [5.74, 6) is -0.255. The van der Waals surface area contributed by atoms with Gasteiger partial charge in [0, 0.05) is 17.5 Å². The van der Waals surface area contributed by atoms with Crippen LogP contribution < -0.4 is 0 Å². The first kappa shape index (κ1) is 13.1. The molecule has 3 nitrogen and oxygen atoms in total. The maximum atomic E-state index is 11.1. The van der Waals surface area contributed by atoms with Crippen LogP contribution in [0.1, 0.15) is 12.1 Å². The van der Waals surface area contributed by atoms with Crippen molar-refractivity contribution in [2.24, 2.45) is 0 Å². The molecule has 0 unspecified atom stereocenters. The van der Waals surface area contributed by atoms with E-state index in [2.05, 4.69) is 9.72 Å². The van der Waals surface area contributed by atoms with Gasteiger partial charge in [0.2, 0.25) is 0 Å². The molecule has 2 aromatic rings. The number of benzene rings is 1. The molecule has 0 atom stereocenters. The highest BCUT2D eigenvalue weighted by Crippen LogP contribution is 2.29. The van der Waals surface area contributed by atoms with E-state index in [-0.39, 0.29) is 5.97 Å². The van der Waals surface area contributed by atoms with E-state index in [0.717, 1.165) is 11.1 Å². The van der Waals surface area contributed by atoms with Crippen molar-refractivity contribution in [3.8, 4) is 0 Å². The second kappa shape index (κ2) is 5.55. The molecular weight excluding hydrogens is 273 g/mol. The molecular formula is C13H11Cl2NO2. The number of hydrogen-bond acceptors (Lipinski definition) is 3. The number of aryl methyl sites for hydroxylation is 1. The molecule has 0 fully saturated rings. The molecule has 0 spiro atoms. The van der Waals surface area contributed by atoms with Crippen molar-refractivity contribution in [1.29, 1.82) is 0 Å². The number of halogens is 2. The number of rotatable bonds is 3. The molecule has 2 rings (SSSR count). The molecule has 1 aromatic heterocycles. The SMILES string of the molecule is COC(=O)CCc1ccc2ccc(Cl)c(Cl)c2n1. The maximum Gasteiger partial charge on any atom is 0.305 e. The molecule has 0 saturated heterocycles. The first-order valence-electron chi connectivity index (χ1n) is 5.42. The number of carbonyl (C=O) groups excluding carboxylic acids is 1.